The Bertz CT molecular complexity index is 410. The van der Waals surface area contributed by atoms with Crippen LogP contribution < -0.4 is 5.32 Å². The summed E-state index contributed by atoms with van der Waals surface area (Å²) in [4.78, 5) is 3.90. The van der Waals surface area contributed by atoms with E-state index in [-0.39, 0.29) is 11.6 Å². The van der Waals surface area contributed by atoms with E-state index in [9.17, 15) is 13.2 Å². The predicted octanol–water partition coefficient (Wildman–Crippen LogP) is 5.38. The highest BCUT2D eigenvalue weighted by atomic mass is 19.4. The van der Waals surface area contributed by atoms with Crippen LogP contribution in [0.5, 0.6) is 0 Å². The van der Waals surface area contributed by atoms with Crippen molar-refractivity contribution in [3.05, 3.63) is 22.9 Å². The average Bonchev–Trinajstić information content (AvgIpc) is 3.25. The second-order valence-electron chi connectivity index (χ2n) is 4.08. The van der Waals surface area contributed by atoms with E-state index < -0.39 is 11.7 Å². The number of hydrogen-bond donors (Lipinski definition) is 1. The molecular formula is C15H25F3N2. The maximum Gasteiger partial charge on any atom is 0.418 e. The van der Waals surface area contributed by atoms with E-state index in [4.69, 9.17) is 0 Å². The molecule has 116 valence electrons. The van der Waals surface area contributed by atoms with Crippen LogP contribution in [0.3, 0.4) is 0 Å². The van der Waals surface area contributed by atoms with Crippen molar-refractivity contribution >= 4 is 5.82 Å². The highest BCUT2D eigenvalue weighted by Gasteiger charge is 2.40. The zero-order valence-corrected chi connectivity index (χ0v) is 13.2. The number of halogens is 3. The molecule has 1 aromatic heterocycles. The van der Waals surface area contributed by atoms with Gasteiger partial charge in [-0.1, -0.05) is 27.7 Å². The summed E-state index contributed by atoms with van der Waals surface area (Å²) in [5, 5.41) is 2.79. The summed E-state index contributed by atoms with van der Waals surface area (Å²) < 4.78 is 38.6. The number of rotatable bonds is 2. The van der Waals surface area contributed by atoms with E-state index in [0.29, 0.717) is 11.4 Å². The van der Waals surface area contributed by atoms with Crippen molar-refractivity contribution in [1.29, 1.82) is 0 Å². The van der Waals surface area contributed by atoms with Gasteiger partial charge in [-0.15, -0.1) is 0 Å². The summed E-state index contributed by atoms with van der Waals surface area (Å²) in [5.74, 6) is 0.567. The van der Waals surface area contributed by atoms with Gasteiger partial charge in [0.15, 0.2) is 0 Å². The molecular weight excluding hydrogens is 265 g/mol. The van der Waals surface area contributed by atoms with Crippen LogP contribution in [0, 0.1) is 6.92 Å². The lowest BCUT2D eigenvalue weighted by atomic mass is 10.0. The second-order valence-corrected chi connectivity index (χ2v) is 4.08. The first kappa shape index (κ1) is 18.7. The van der Waals surface area contributed by atoms with Gasteiger partial charge in [-0.2, -0.15) is 13.2 Å². The van der Waals surface area contributed by atoms with Crippen molar-refractivity contribution in [2.45, 2.75) is 59.6 Å². The quantitative estimate of drug-likeness (QED) is 0.791. The van der Waals surface area contributed by atoms with Crippen molar-refractivity contribution in [2.75, 3.05) is 12.4 Å². The van der Waals surface area contributed by atoms with Gasteiger partial charge >= 0.3 is 6.18 Å². The number of aryl methyl sites for hydroxylation is 1. The number of nitrogens with one attached hydrogen (secondary N) is 1. The molecule has 1 saturated carbocycles. The maximum absolute atomic E-state index is 12.9. The molecule has 1 aliphatic carbocycles. The first-order chi connectivity index (χ1) is 9.43. The molecule has 0 bridgehead atoms. The number of aromatic nitrogens is 1. The Labute approximate surface area is 119 Å². The maximum atomic E-state index is 12.9. The largest absolute Gasteiger partial charge is 0.418 e. The van der Waals surface area contributed by atoms with Crippen molar-refractivity contribution in [3.63, 3.8) is 0 Å². The van der Waals surface area contributed by atoms with Gasteiger partial charge in [0.1, 0.15) is 5.82 Å². The van der Waals surface area contributed by atoms with Gasteiger partial charge in [0.2, 0.25) is 0 Å². The van der Waals surface area contributed by atoms with Gasteiger partial charge < -0.3 is 5.32 Å². The van der Waals surface area contributed by atoms with Crippen molar-refractivity contribution in [1.82, 2.24) is 4.98 Å². The van der Waals surface area contributed by atoms with Gasteiger partial charge in [-0.25, -0.2) is 4.98 Å². The molecule has 0 unspecified atom stereocenters. The summed E-state index contributed by atoms with van der Waals surface area (Å²) in [5.41, 5.74) is -0.0976. The lowest BCUT2D eigenvalue weighted by molar-refractivity contribution is -0.138. The molecule has 1 aliphatic rings. The molecule has 0 spiro atoms. The average molecular weight is 290 g/mol. The molecule has 0 amide bonds. The predicted molar refractivity (Wildman–Crippen MR) is 78.2 cm³/mol. The number of alkyl halides is 3. The van der Waals surface area contributed by atoms with E-state index >= 15 is 0 Å². The summed E-state index contributed by atoms with van der Waals surface area (Å²) in [6.07, 6.45) is -2.62. The summed E-state index contributed by atoms with van der Waals surface area (Å²) in [6, 6.07) is 1.52. The van der Waals surface area contributed by atoms with Crippen molar-refractivity contribution < 1.29 is 13.2 Å². The minimum absolute atomic E-state index is 0.0567. The van der Waals surface area contributed by atoms with Crippen LogP contribution in [0.25, 0.3) is 0 Å². The van der Waals surface area contributed by atoms with Gasteiger partial charge in [0.05, 0.1) is 11.3 Å². The molecule has 1 fully saturated rings. The summed E-state index contributed by atoms with van der Waals surface area (Å²) in [6.45, 7) is 9.41. The van der Waals surface area contributed by atoms with Gasteiger partial charge in [-0.3, -0.25) is 0 Å². The standard InChI is InChI=1S/C11H13F3N2.2C2H6/c1-6-10(11(12,13)14)8(7-3-4-7)5-9(15-2)16-6;2*1-2/h5,7H,3-4H2,1-2H3,(H,15,16);2*1-2H3. The Balaban J connectivity index is 0.000000829. The Morgan fingerprint density at radius 1 is 1.15 bits per heavy atom. The van der Waals surface area contributed by atoms with Gasteiger partial charge in [0.25, 0.3) is 0 Å². The number of nitrogens with zero attached hydrogens (tertiary/aromatic N) is 1. The van der Waals surface area contributed by atoms with E-state index in [0.717, 1.165) is 12.8 Å². The monoisotopic (exact) mass is 290 g/mol. The Morgan fingerprint density at radius 3 is 2.00 bits per heavy atom. The molecule has 0 atom stereocenters. The van der Waals surface area contributed by atoms with Crippen LogP contribution in [0.2, 0.25) is 0 Å². The fourth-order valence-corrected chi connectivity index (χ4v) is 1.91. The Morgan fingerprint density at radius 2 is 1.65 bits per heavy atom. The first-order valence-corrected chi connectivity index (χ1v) is 7.20. The highest BCUT2D eigenvalue weighted by Crippen LogP contribution is 2.47. The lowest BCUT2D eigenvalue weighted by Gasteiger charge is -2.16. The van der Waals surface area contributed by atoms with E-state index in [1.165, 1.54) is 13.0 Å². The number of anilines is 1. The minimum atomic E-state index is -4.30. The zero-order valence-electron chi connectivity index (χ0n) is 13.2. The zero-order chi connectivity index (χ0) is 15.9. The van der Waals surface area contributed by atoms with Gasteiger partial charge in [0, 0.05) is 7.05 Å². The molecule has 2 rings (SSSR count). The van der Waals surface area contributed by atoms with Crippen LogP contribution in [-0.4, -0.2) is 12.0 Å². The fraction of sp³-hybridized carbons (Fsp3) is 0.667. The fourth-order valence-electron chi connectivity index (χ4n) is 1.91. The first-order valence-electron chi connectivity index (χ1n) is 7.20. The molecule has 2 nitrogen and oxygen atoms in total. The van der Waals surface area contributed by atoms with E-state index in [1.807, 2.05) is 27.7 Å². The third-order valence-electron chi connectivity index (χ3n) is 2.79. The SMILES string of the molecule is CC.CC.CNc1cc(C2CC2)c(C(F)(F)F)c(C)n1. The Kier molecular flexibility index (Phi) is 7.61. The molecule has 0 aromatic carbocycles. The Hall–Kier alpha value is -1.26. The molecule has 5 heteroatoms. The van der Waals surface area contributed by atoms with Crippen molar-refractivity contribution in [3.8, 4) is 0 Å². The van der Waals surface area contributed by atoms with Crippen LogP contribution in [-0.2, 0) is 6.18 Å². The molecule has 0 aliphatic heterocycles. The molecule has 1 heterocycles. The smallest absolute Gasteiger partial charge is 0.373 e. The highest BCUT2D eigenvalue weighted by molar-refractivity contribution is 5.47. The third-order valence-corrected chi connectivity index (χ3v) is 2.79. The summed E-state index contributed by atoms with van der Waals surface area (Å²) >= 11 is 0. The molecule has 0 saturated heterocycles. The minimum Gasteiger partial charge on any atom is -0.373 e. The van der Waals surface area contributed by atoms with Crippen LogP contribution in [0.15, 0.2) is 6.07 Å². The molecule has 1 N–H and O–H groups in total. The topological polar surface area (TPSA) is 24.9 Å². The van der Waals surface area contributed by atoms with Crippen molar-refractivity contribution in [2.24, 2.45) is 0 Å². The van der Waals surface area contributed by atoms with Crippen LogP contribution in [0.1, 0.15) is 63.3 Å². The van der Waals surface area contributed by atoms with E-state index in [1.54, 1.807) is 7.05 Å². The van der Waals surface area contributed by atoms with Gasteiger partial charge in [-0.05, 0) is 37.3 Å². The lowest BCUT2D eigenvalue weighted by Crippen LogP contribution is -2.13. The molecule has 0 radical (unpaired) electrons. The number of pyridine rings is 1. The second kappa shape index (κ2) is 8.12. The van der Waals surface area contributed by atoms with E-state index in [2.05, 4.69) is 10.3 Å². The van der Waals surface area contributed by atoms with Crippen LogP contribution >= 0.6 is 0 Å². The summed E-state index contributed by atoms with van der Waals surface area (Å²) in [7, 11) is 1.66. The van der Waals surface area contributed by atoms with Crippen LogP contribution in [0.4, 0.5) is 19.0 Å². The molecule has 20 heavy (non-hydrogen) atoms. The molecule has 1 aromatic rings. The third kappa shape index (κ3) is 4.69. The number of hydrogen-bond acceptors (Lipinski definition) is 2. The normalized spacial score (nSPS) is 13.7.